The largest absolute Gasteiger partial charge is 0.355 e. The van der Waals surface area contributed by atoms with Gasteiger partial charge >= 0.3 is 0 Å². The molecule has 1 aromatic rings. The second-order valence-corrected chi connectivity index (χ2v) is 4.70. The first-order valence-electron chi connectivity index (χ1n) is 6.29. The molecule has 2 N–H and O–H groups in total. The number of hydrogen-bond donors (Lipinski definition) is 2. The fraction of sp³-hybridized carbons (Fsp3) is 0.357. The zero-order chi connectivity index (χ0) is 15.0. The van der Waals surface area contributed by atoms with Gasteiger partial charge in [0.1, 0.15) is 0 Å². The molecule has 2 amide bonds. The Hall–Kier alpha value is -1.88. The van der Waals surface area contributed by atoms with Crippen LogP contribution in [-0.4, -0.2) is 30.7 Å². The second-order valence-electron chi connectivity index (χ2n) is 4.27. The molecule has 6 heteroatoms. The lowest BCUT2D eigenvalue weighted by molar-refractivity contribution is -0.122. The van der Waals surface area contributed by atoms with Crippen molar-refractivity contribution in [3.05, 3.63) is 34.9 Å². The van der Waals surface area contributed by atoms with Gasteiger partial charge in [0.05, 0.1) is 0 Å². The van der Waals surface area contributed by atoms with Crippen LogP contribution in [0.4, 0.5) is 0 Å². The van der Waals surface area contributed by atoms with Crippen molar-refractivity contribution in [2.45, 2.75) is 19.8 Å². The summed E-state index contributed by atoms with van der Waals surface area (Å²) in [4.78, 5) is 33.9. The summed E-state index contributed by atoms with van der Waals surface area (Å²) in [6.45, 7) is 2.14. The molecular weight excluding hydrogens is 280 g/mol. The molecule has 0 unspecified atom stereocenters. The molecule has 0 bridgehead atoms. The van der Waals surface area contributed by atoms with Crippen molar-refractivity contribution in [3.8, 4) is 0 Å². The van der Waals surface area contributed by atoms with E-state index in [0.29, 0.717) is 23.7 Å². The molecule has 0 spiro atoms. The van der Waals surface area contributed by atoms with Crippen molar-refractivity contribution in [2.75, 3.05) is 13.1 Å². The number of benzene rings is 1. The Kier molecular flexibility index (Phi) is 6.73. The lowest BCUT2D eigenvalue weighted by atomic mass is 10.1. The zero-order valence-corrected chi connectivity index (χ0v) is 12.0. The number of Topliss-reactive ketones (excluding diaryl/α,β-unsaturated/α-hetero) is 1. The van der Waals surface area contributed by atoms with Gasteiger partial charge in [-0.25, -0.2) is 0 Å². The lowest BCUT2D eigenvalue weighted by Crippen LogP contribution is -2.33. The predicted octanol–water partition coefficient (Wildman–Crippen LogP) is 1.56. The summed E-state index contributed by atoms with van der Waals surface area (Å²) in [5, 5.41) is 5.68. The number of hydrogen-bond acceptors (Lipinski definition) is 3. The average molecular weight is 297 g/mol. The predicted molar refractivity (Wildman–Crippen MR) is 76.7 cm³/mol. The molecule has 20 heavy (non-hydrogen) atoms. The molecule has 108 valence electrons. The molecule has 5 nitrogen and oxygen atoms in total. The molecule has 0 aliphatic heterocycles. The quantitative estimate of drug-likeness (QED) is 0.592. The number of ketones is 1. The first-order chi connectivity index (χ1) is 9.49. The third kappa shape index (κ3) is 6.33. The van der Waals surface area contributed by atoms with Gasteiger partial charge in [-0.15, -0.1) is 0 Å². The number of halogens is 1. The van der Waals surface area contributed by atoms with E-state index in [4.69, 9.17) is 11.6 Å². The molecule has 0 fully saturated rings. The van der Waals surface area contributed by atoms with Crippen LogP contribution in [0.15, 0.2) is 24.3 Å². The summed E-state index contributed by atoms with van der Waals surface area (Å²) in [5.74, 6) is -0.481. The Morgan fingerprint density at radius 2 is 1.80 bits per heavy atom. The lowest BCUT2D eigenvalue weighted by Gasteiger charge is -2.05. The van der Waals surface area contributed by atoms with E-state index in [0.717, 1.165) is 0 Å². The first-order valence-corrected chi connectivity index (χ1v) is 6.66. The van der Waals surface area contributed by atoms with E-state index in [1.807, 2.05) is 0 Å². The highest BCUT2D eigenvalue weighted by Crippen LogP contribution is 2.12. The minimum atomic E-state index is -0.217. The number of rotatable bonds is 7. The fourth-order valence-corrected chi connectivity index (χ4v) is 1.75. The molecule has 0 aliphatic rings. The molecule has 0 atom stereocenters. The van der Waals surface area contributed by atoms with Crippen molar-refractivity contribution in [1.82, 2.24) is 10.6 Å². The number of nitrogens with one attached hydrogen (secondary N) is 2. The minimum absolute atomic E-state index is 0.116. The van der Waals surface area contributed by atoms with E-state index in [1.165, 1.54) is 6.92 Å². The van der Waals surface area contributed by atoms with Crippen LogP contribution in [0, 0.1) is 0 Å². The third-order valence-electron chi connectivity index (χ3n) is 2.55. The molecular formula is C14H17ClN2O3. The minimum Gasteiger partial charge on any atom is -0.355 e. The summed E-state index contributed by atoms with van der Waals surface area (Å²) in [7, 11) is 0. The smallest absolute Gasteiger partial charge is 0.220 e. The Morgan fingerprint density at radius 1 is 1.10 bits per heavy atom. The van der Waals surface area contributed by atoms with Crippen LogP contribution < -0.4 is 10.6 Å². The van der Waals surface area contributed by atoms with E-state index >= 15 is 0 Å². The van der Waals surface area contributed by atoms with Crippen molar-refractivity contribution in [3.63, 3.8) is 0 Å². The zero-order valence-electron chi connectivity index (χ0n) is 11.2. The van der Waals surface area contributed by atoms with Crippen molar-refractivity contribution < 1.29 is 14.4 Å². The SMILES string of the molecule is CC(=O)NCCNC(=O)CCC(=O)c1cccc(Cl)c1. The monoisotopic (exact) mass is 296 g/mol. The summed E-state index contributed by atoms with van der Waals surface area (Å²) < 4.78 is 0. The van der Waals surface area contributed by atoms with Crippen LogP contribution in [-0.2, 0) is 9.59 Å². The maximum absolute atomic E-state index is 11.8. The highest BCUT2D eigenvalue weighted by atomic mass is 35.5. The van der Waals surface area contributed by atoms with Crippen LogP contribution in [0.5, 0.6) is 0 Å². The van der Waals surface area contributed by atoms with E-state index in [1.54, 1.807) is 24.3 Å². The van der Waals surface area contributed by atoms with Gasteiger partial charge < -0.3 is 10.6 Å². The molecule has 0 saturated carbocycles. The van der Waals surface area contributed by atoms with Gasteiger partial charge in [-0.1, -0.05) is 23.7 Å². The van der Waals surface area contributed by atoms with E-state index in [9.17, 15) is 14.4 Å². The van der Waals surface area contributed by atoms with Gasteiger partial charge in [0.15, 0.2) is 5.78 Å². The van der Waals surface area contributed by atoms with Crippen molar-refractivity contribution >= 4 is 29.2 Å². The molecule has 0 aliphatic carbocycles. The van der Waals surface area contributed by atoms with Crippen LogP contribution in [0.1, 0.15) is 30.1 Å². The average Bonchev–Trinajstić information content (AvgIpc) is 2.40. The summed E-state index contributed by atoms with van der Waals surface area (Å²) in [6, 6.07) is 6.64. The molecule has 0 radical (unpaired) electrons. The first kappa shape index (κ1) is 16.2. The molecule has 0 heterocycles. The van der Waals surface area contributed by atoms with Crippen molar-refractivity contribution in [2.24, 2.45) is 0 Å². The Balaban J connectivity index is 2.27. The molecule has 0 aromatic heterocycles. The second kappa shape index (κ2) is 8.32. The van der Waals surface area contributed by atoms with Crippen LogP contribution >= 0.6 is 11.6 Å². The maximum atomic E-state index is 11.8. The summed E-state index contributed by atoms with van der Waals surface area (Å²) >= 11 is 5.80. The summed E-state index contributed by atoms with van der Waals surface area (Å²) in [5.41, 5.74) is 0.503. The maximum Gasteiger partial charge on any atom is 0.220 e. The van der Waals surface area contributed by atoms with Crippen molar-refractivity contribution in [1.29, 1.82) is 0 Å². The Labute approximate surface area is 122 Å². The van der Waals surface area contributed by atoms with E-state index < -0.39 is 0 Å². The molecule has 0 saturated heterocycles. The van der Waals surface area contributed by atoms with Gasteiger partial charge in [-0.05, 0) is 12.1 Å². The third-order valence-corrected chi connectivity index (χ3v) is 2.78. The van der Waals surface area contributed by atoms with E-state index in [-0.39, 0.29) is 30.4 Å². The fourth-order valence-electron chi connectivity index (χ4n) is 1.56. The number of carbonyl (C=O) groups is 3. The molecule has 1 aromatic carbocycles. The Morgan fingerprint density at radius 3 is 2.45 bits per heavy atom. The highest BCUT2D eigenvalue weighted by molar-refractivity contribution is 6.31. The topological polar surface area (TPSA) is 75.3 Å². The van der Waals surface area contributed by atoms with Crippen LogP contribution in [0.2, 0.25) is 5.02 Å². The number of carbonyl (C=O) groups excluding carboxylic acids is 3. The summed E-state index contributed by atoms with van der Waals surface area (Å²) in [6.07, 6.45) is 0.248. The van der Waals surface area contributed by atoms with Crippen LogP contribution in [0.25, 0.3) is 0 Å². The van der Waals surface area contributed by atoms with Crippen LogP contribution in [0.3, 0.4) is 0 Å². The Bertz CT molecular complexity index is 503. The normalized spacial score (nSPS) is 9.90. The highest BCUT2D eigenvalue weighted by Gasteiger charge is 2.09. The van der Waals surface area contributed by atoms with Gasteiger partial charge in [0, 0.05) is 43.4 Å². The van der Waals surface area contributed by atoms with Gasteiger partial charge in [-0.3, -0.25) is 14.4 Å². The van der Waals surface area contributed by atoms with Gasteiger partial charge in [0.2, 0.25) is 11.8 Å². The van der Waals surface area contributed by atoms with Gasteiger partial charge in [0.25, 0.3) is 0 Å². The molecule has 1 rings (SSSR count). The number of amides is 2. The van der Waals surface area contributed by atoms with Gasteiger partial charge in [-0.2, -0.15) is 0 Å². The standard InChI is InChI=1S/C14H17ClN2O3/c1-10(18)16-7-8-17-14(20)6-5-13(19)11-3-2-4-12(15)9-11/h2-4,9H,5-8H2,1H3,(H,16,18)(H,17,20). The van der Waals surface area contributed by atoms with E-state index in [2.05, 4.69) is 10.6 Å².